The van der Waals surface area contributed by atoms with Crippen LogP contribution in [0.1, 0.15) is 6.42 Å². The van der Waals surface area contributed by atoms with Gasteiger partial charge in [0.05, 0.1) is 16.1 Å². The topological polar surface area (TPSA) is 57.2 Å². The fraction of sp³-hybridized carbons (Fsp3) is 0.214. The maximum Gasteiger partial charge on any atom is 0.250 e. The number of hydrogen-bond donors (Lipinski definition) is 1. The van der Waals surface area contributed by atoms with E-state index in [1.165, 1.54) is 22.8 Å². The van der Waals surface area contributed by atoms with Crippen molar-refractivity contribution in [1.82, 2.24) is 4.57 Å². The Kier molecular flexibility index (Phi) is 5.25. The number of aromatic nitrogens is 1. The summed E-state index contributed by atoms with van der Waals surface area (Å²) in [5.74, 6) is -0.168. The minimum atomic E-state index is -0.540. The lowest BCUT2D eigenvalue weighted by Gasteiger charge is -2.10. The fourth-order valence-electron chi connectivity index (χ4n) is 1.76. The summed E-state index contributed by atoms with van der Waals surface area (Å²) in [4.78, 5) is 11.6. The molecule has 1 heterocycles. The summed E-state index contributed by atoms with van der Waals surface area (Å²) in [5.41, 5.74) is 6.03. The first-order valence-electron chi connectivity index (χ1n) is 6.20. The van der Waals surface area contributed by atoms with Crippen LogP contribution in [0.15, 0.2) is 39.7 Å². The van der Waals surface area contributed by atoms with Crippen LogP contribution in [0.4, 0.5) is 10.1 Å². The van der Waals surface area contributed by atoms with E-state index in [2.05, 4.69) is 15.9 Å². The summed E-state index contributed by atoms with van der Waals surface area (Å²) in [6, 6.07) is 5.64. The van der Waals surface area contributed by atoms with E-state index in [0.29, 0.717) is 35.5 Å². The number of rotatable bonds is 5. The highest BCUT2D eigenvalue weighted by atomic mass is 79.9. The summed E-state index contributed by atoms with van der Waals surface area (Å²) in [7, 11) is 0. The number of nitrogens with zero attached hydrogens (tertiary/aromatic N) is 1. The predicted octanol–water partition coefficient (Wildman–Crippen LogP) is 3.45. The lowest BCUT2D eigenvalue weighted by atomic mass is 10.3. The van der Waals surface area contributed by atoms with Crippen molar-refractivity contribution in [3.05, 3.63) is 56.1 Å². The van der Waals surface area contributed by atoms with Crippen molar-refractivity contribution >= 4 is 33.2 Å². The van der Waals surface area contributed by atoms with Crippen LogP contribution in [0.2, 0.25) is 5.02 Å². The SMILES string of the molecule is Nc1ccc(=O)n(CCCOc2cc(F)c(Cl)cc2Br)c1. The smallest absolute Gasteiger partial charge is 0.250 e. The van der Waals surface area contributed by atoms with Gasteiger partial charge in [0, 0.05) is 30.6 Å². The van der Waals surface area contributed by atoms with Crippen LogP contribution in [0.3, 0.4) is 0 Å². The molecule has 4 nitrogen and oxygen atoms in total. The van der Waals surface area contributed by atoms with Gasteiger partial charge in [-0.25, -0.2) is 4.39 Å². The van der Waals surface area contributed by atoms with Crippen LogP contribution < -0.4 is 16.0 Å². The standard InChI is InChI=1S/C14H13BrClFN2O2/c15-10-6-11(16)12(17)7-13(10)21-5-1-4-19-8-9(18)2-3-14(19)20/h2-3,6-8H,1,4-5,18H2. The molecule has 0 unspecified atom stereocenters. The van der Waals surface area contributed by atoms with E-state index >= 15 is 0 Å². The number of nitrogen functional groups attached to an aromatic ring is 1. The Hall–Kier alpha value is -1.53. The average molecular weight is 376 g/mol. The van der Waals surface area contributed by atoms with Crippen molar-refractivity contribution in [2.75, 3.05) is 12.3 Å². The van der Waals surface area contributed by atoms with Crippen molar-refractivity contribution in [2.45, 2.75) is 13.0 Å². The van der Waals surface area contributed by atoms with Gasteiger partial charge in [-0.05, 0) is 34.5 Å². The molecular formula is C14H13BrClFN2O2. The van der Waals surface area contributed by atoms with Crippen molar-refractivity contribution < 1.29 is 9.13 Å². The van der Waals surface area contributed by atoms with E-state index in [4.69, 9.17) is 22.1 Å². The first-order valence-corrected chi connectivity index (χ1v) is 7.38. The van der Waals surface area contributed by atoms with E-state index in [1.54, 1.807) is 12.3 Å². The predicted molar refractivity (Wildman–Crippen MR) is 84.3 cm³/mol. The molecule has 1 aromatic carbocycles. The van der Waals surface area contributed by atoms with Gasteiger partial charge in [-0.1, -0.05) is 11.6 Å². The Morgan fingerprint density at radius 3 is 2.90 bits per heavy atom. The Morgan fingerprint density at radius 2 is 2.14 bits per heavy atom. The third-order valence-electron chi connectivity index (χ3n) is 2.78. The van der Waals surface area contributed by atoms with E-state index in [0.717, 1.165) is 0 Å². The molecule has 1 aromatic heterocycles. The normalized spacial score (nSPS) is 10.6. The molecule has 0 fully saturated rings. The number of pyridine rings is 1. The molecular weight excluding hydrogens is 363 g/mol. The minimum Gasteiger partial charge on any atom is -0.492 e. The zero-order valence-corrected chi connectivity index (χ0v) is 13.3. The highest BCUT2D eigenvalue weighted by molar-refractivity contribution is 9.10. The van der Waals surface area contributed by atoms with Gasteiger partial charge in [-0.15, -0.1) is 0 Å². The molecule has 112 valence electrons. The van der Waals surface area contributed by atoms with Crippen LogP contribution in [0.25, 0.3) is 0 Å². The molecule has 0 amide bonds. The molecule has 0 aliphatic rings. The third kappa shape index (κ3) is 4.22. The molecule has 2 aromatic rings. The molecule has 0 atom stereocenters. The van der Waals surface area contributed by atoms with Crippen LogP contribution in [-0.2, 0) is 6.54 Å². The lowest BCUT2D eigenvalue weighted by molar-refractivity contribution is 0.298. The molecule has 21 heavy (non-hydrogen) atoms. The summed E-state index contributed by atoms with van der Waals surface area (Å²) in [6.45, 7) is 0.804. The Bertz CT molecular complexity index is 706. The van der Waals surface area contributed by atoms with Gasteiger partial charge in [0.15, 0.2) is 0 Å². The number of ether oxygens (including phenoxy) is 1. The van der Waals surface area contributed by atoms with E-state index in [-0.39, 0.29) is 10.6 Å². The minimum absolute atomic E-state index is 0.0283. The quantitative estimate of drug-likeness (QED) is 0.643. The fourth-order valence-corrected chi connectivity index (χ4v) is 2.51. The van der Waals surface area contributed by atoms with Gasteiger partial charge in [0.1, 0.15) is 11.6 Å². The molecule has 0 aliphatic carbocycles. The molecule has 2 rings (SSSR count). The van der Waals surface area contributed by atoms with E-state index in [1.807, 2.05) is 0 Å². The Morgan fingerprint density at radius 1 is 1.38 bits per heavy atom. The van der Waals surface area contributed by atoms with Crippen molar-refractivity contribution in [3.63, 3.8) is 0 Å². The maximum atomic E-state index is 13.3. The van der Waals surface area contributed by atoms with Gasteiger partial charge in [0.25, 0.3) is 5.56 Å². The van der Waals surface area contributed by atoms with Crippen LogP contribution >= 0.6 is 27.5 Å². The summed E-state index contributed by atoms with van der Waals surface area (Å²) in [5, 5.41) is 0.0283. The molecule has 2 N–H and O–H groups in total. The van der Waals surface area contributed by atoms with Crippen LogP contribution in [0.5, 0.6) is 5.75 Å². The average Bonchev–Trinajstić information content (AvgIpc) is 2.43. The van der Waals surface area contributed by atoms with Gasteiger partial charge in [-0.3, -0.25) is 4.79 Å². The van der Waals surface area contributed by atoms with Crippen molar-refractivity contribution in [3.8, 4) is 5.75 Å². The second kappa shape index (κ2) is 6.95. The van der Waals surface area contributed by atoms with Gasteiger partial charge in [0.2, 0.25) is 0 Å². The zero-order valence-electron chi connectivity index (χ0n) is 11.0. The van der Waals surface area contributed by atoms with Gasteiger partial charge < -0.3 is 15.0 Å². The monoisotopic (exact) mass is 374 g/mol. The van der Waals surface area contributed by atoms with Gasteiger partial charge in [-0.2, -0.15) is 0 Å². The number of anilines is 1. The number of nitrogens with two attached hydrogens (primary N) is 1. The summed E-state index contributed by atoms with van der Waals surface area (Å²) in [6.07, 6.45) is 2.17. The second-order valence-electron chi connectivity index (χ2n) is 4.39. The lowest BCUT2D eigenvalue weighted by Crippen LogP contribution is -2.20. The first-order chi connectivity index (χ1) is 9.97. The zero-order chi connectivity index (χ0) is 15.4. The Labute approximate surface area is 134 Å². The maximum absolute atomic E-state index is 13.3. The third-order valence-corrected chi connectivity index (χ3v) is 3.69. The number of aryl methyl sites for hydroxylation is 1. The molecule has 0 spiro atoms. The summed E-state index contributed by atoms with van der Waals surface area (Å²) >= 11 is 8.90. The molecule has 7 heteroatoms. The van der Waals surface area contributed by atoms with E-state index in [9.17, 15) is 9.18 Å². The number of hydrogen-bond acceptors (Lipinski definition) is 3. The summed E-state index contributed by atoms with van der Waals surface area (Å²) < 4.78 is 20.9. The van der Waals surface area contributed by atoms with Crippen molar-refractivity contribution in [2.24, 2.45) is 0 Å². The van der Waals surface area contributed by atoms with Crippen LogP contribution in [0, 0.1) is 5.82 Å². The molecule has 0 radical (unpaired) electrons. The molecule has 0 aliphatic heterocycles. The Balaban J connectivity index is 1.92. The highest BCUT2D eigenvalue weighted by Crippen LogP contribution is 2.30. The van der Waals surface area contributed by atoms with Gasteiger partial charge >= 0.3 is 0 Å². The van der Waals surface area contributed by atoms with Crippen LogP contribution in [-0.4, -0.2) is 11.2 Å². The largest absolute Gasteiger partial charge is 0.492 e. The van der Waals surface area contributed by atoms with E-state index < -0.39 is 5.82 Å². The molecule has 0 saturated heterocycles. The number of halogens is 3. The molecule has 0 saturated carbocycles. The van der Waals surface area contributed by atoms with Crippen molar-refractivity contribution in [1.29, 1.82) is 0 Å². The first kappa shape index (κ1) is 15.9. The molecule has 0 bridgehead atoms. The highest BCUT2D eigenvalue weighted by Gasteiger charge is 2.07. The second-order valence-corrected chi connectivity index (χ2v) is 5.65. The number of benzene rings is 1.